The lowest BCUT2D eigenvalue weighted by molar-refractivity contribution is -0.0151. The van der Waals surface area contributed by atoms with Crippen molar-refractivity contribution >= 4 is 30.5 Å². The molecule has 4 atom stereocenters. The molecule has 27 heavy (non-hydrogen) atoms. The molecule has 0 aromatic carbocycles. The number of aliphatic hydroxyl groups excluding tert-OH is 2. The number of phosphoric acid groups is 1. The Morgan fingerprint density at radius 3 is 2.74 bits per heavy atom. The first kappa shape index (κ1) is 19.6. The summed E-state index contributed by atoms with van der Waals surface area (Å²) in [7, 11) is -3.26. The van der Waals surface area contributed by atoms with E-state index in [4.69, 9.17) is 20.3 Å². The fourth-order valence-corrected chi connectivity index (χ4v) is 2.97. The van der Waals surface area contributed by atoms with Crippen molar-refractivity contribution in [2.75, 3.05) is 17.7 Å². The number of aliphatic hydroxyl groups is 2. The molecule has 3 rings (SSSR count). The van der Waals surface area contributed by atoms with E-state index >= 15 is 0 Å². The largest absolute Gasteiger partial charge is 0.469 e. The molecule has 0 amide bonds. The number of ether oxygens (including phenoxy) is 1. The lowest BCUT2D eigenvalue weighted by atomic mass is 10.1. The third-order valence-electron chi connectivity index (χ3n) is 3.90. The summed E-state index contributed by atoms with van der Waals surface area (Å²) in [5.41, 5.74) is 5.11. The number of rotatable bonds is 5. The van der Waals surface area contributed by atoms with Crippen molar-refractivity contribution in [3.8, 4) is 0 Å². The Morgan fingerprint density at radius 2 is 2.07 bits per heavy atom. The Kier molecular flexibility index (Phi) is 5.14. The van der Waals surface area contributed by atoms with Crippen LogP contribution >= 0.6 is 7.82 Å². The van der Waals surface area contributed by atoms with Gasteiger partial charge in [-0.15, -0.1) is 5.10 Å². The molecular weight excluding hydrogens is 387 g/mol. The first-order chi connectivity index (χ1) is 12.6. The molecule has 148 valence electrons. The Hall–Kier alpha value is -2.19. The lowest BCUT2D eigenvalue weighted by Crippen LogP contribution is -2.37. The van der Waals surface area contributed by atoms with Gasteiger partial charge in [0.1, 0.15) is 35.8 Å². The van der Waals surface area contributed by atoms with Crippen LogP contribution in [-0.2, 0) is 20.9 Å². The Morgan fingerprint density at radius 1 is 1.37 bits per heavy atom. The van der Waals surface area contributed by atoms with Crippen LogP contribution in [0.1, 0.15) is 0 Å². The molecule has 7 N–H and O–H groups in total. The van der Waals surface area contributed by atoms with Crippen LogP contribution < -0.4 is 16.5 Å². The summed E-state index contributed by atoms with van der Waals surface area (Å²) < 4.78 is 21.7. The monoisotopic (exact) mass is 404 g/mol. The van der Waals surface area contributed by atoms with Gasteiger partial charge < -0.3 is 35.8 Å². The van der Waals surface area contributed by atoms with Crippen LogP contribution in [0.4, 0.5) is 11.6 Å². The topological polar surface area (TPSA) is 215 Å². The summed E-state index contributed by atoms with van der Waals surface area (Å²) in [6, 6.07) is 0. The molecule has 0 spiro atoms. The summed E-state index contributed by atoms with van der Waals surface area (Å²) in [4.78, 5) is 37.7. The second-order valence-electron chi connectivity index (χ2n) is 5.77. The van der Waals surface area contributed by atoms with Crippen LogP contribution in [0, 0.1) is 0 Å². The van der Waals surface area contributed by atoms with Crippen molar-refractivity contribution < 1.29 is 33.8 Å². The molecule has 3 heterocycles. The highest BCUT2D eigenvalue weighted by Crippen LogP contribution is 2.37. The quantitative estimate of drug-likeness (QED) is 0.279. The second-order valence-corrected chi connectivity index (χ2v) is 7.01. The number of hydrogen-bond donors (Lipinski definition) is 6. The van der Waals surface area contributed by atoms with E-state index in [0.717, 1.165) is 6.33 Å². The van der Waals surface area contributed by atoms with Gasteiger partial charge in [-0.3, -0.25) is 9.32 Å². The van der Waals surface area contributed by atoms with Crippen molar-refractivity contribution in [1.29, 1.82) is 0 Å². The molecule has 1 fully saturated rings. The summed E-state index contributed by atoms with van der Waals surface area (Å²) in [6.45, 7) is -0.663. The number of phosphoric ester groups is 1. The zero-order valence-electron chi connectivity index (χ0n) is 13.8. The maximum Gasteiger partial charge on any atom is 0.469 e. The zero-order valence-corrected chi connectivity index (χ0v) is 14.7. The van der Waals surface area contributed by atoms with Gasteiger partial charge in [-0.1, -0.05) is 0 Å². The minimum absolute atomic E-state index is 0.00675. The number of nitrogens with two attached hydrogens (primary N) is 1. The Bertz CT molecular complexity index is 963. The number of nitrogens with one attached hydrogen (secondary N) is 1. The van der Waals surface area contributed by atoms with Crippen molar-refractivity contribution in [2.45, 2.75) is 24.5 Å². The highest BCUT2D eigenvalue weighted by Gasteiger charge is 2.44. The minimum Gasteiger partial charge on any atom is -0.387 e. The van der Waals surface area contributed by atoms with E-state index < -0.39 is 44.4 Å². The van der Waals surface area contributed by atoms with Gasteiger partial charge in [-0.25, -0.2) is 19.2 Å². The SMILES string of the molecule is Cn1nc(N)c(=O)c2c(N[C@@H]3O[C@H](COP(=O)(O)O)C(O)[C@@H]3O)ncnc21. The van der Waals surface area contributed by atoms with Gasteiger partial charge >= 0.3 is 7.82 Å². The molecule has 1 aliphatic rings. The van der Waals surface area contributed by atoms with E-state index in [-0.39, 0.29) is 22.7 Å². The van der Waals surface area contributed by atoms with Gasteiger partial charge in [0, 0.05) is 7.05 Å². The van der Waals surface area contributed by atoms with Crippen LogP contribution in [0.2, 0.25) is 0 Å². The third kappa shape index (κ3) is 3.91. The number of aromatic nitrogens is 4. The first-order valence-corrected chi connectivity index (χ1v) is 9.07. The van der Waals surface area contributed by atoms with E-state index in [1.54, 1.807) is 0 Å². The van der Waals surface area contributed by atoms with Crippen LogP contribution in [0.25, 0.3) is 11.0 Å². The minimum atomic E-state index is -4.78. The van der Waals surface area contributed by atoms with Gasteiger partial charge in [-0.2, -0.15) is 0 Å². The fourth-order valence-electron chi connectivity index (χ4n) is 2.63. The average molecular weight is 404 g/mol. The van der Waals surface area contributed by atoms with Gasteiger partial charge in [0.2, 0.25) is 5.43 Å². The molecular formula is C12H17N6O8P. The maximum absolute atomic E-state index is 12.3. The first-order valence-electron chi connectivity index (χ1n) is 7.54. The van der Waals surface area contributed by atoms with Crippen molar-refractivity contribution in [1.82, 2.24) is 19.7 Å². The number of hydrogen-bond acceptors (Lipinski definition) is 11. The molecule has 1 saturated heterocycles. The molecule has 0 saturated carbocycles. The predicted octanol–water partition coefficient (Wildman–Crippen LogP) is -2.73. The number of anilines is 2. The van der Waals surface area contributed by atoms with E-state index in [2.05, 4.69) is 24.9 Å². The van der Waals surface area contributed by atoms with E-state index in [0.29, 0.717) is 0 Å². The number of nitrogens with zero attached hydrogens (tertiary/aromatic N) is 4. The molecule has 0 aliphatic carbocycles. The molecule has 2 aromatic heterocycles. The predicted molar refractivity (Wildman–Crippen MR) is 89.3 cm³/mol. The van der Waals surface area contributed by atoms with Gasteiger partial charge in [0.05, 0.1) is 6.61 Å². The van der Waals surface area contributed by atoms with Gasteiger partial charge in [0.25, 0.3) is 0 Å². The third-order valence-corrected chi connectivity index (χ3v) is 4.39. The number of fused-ring (bicyclic) bond motifs is 1. The zero-order chi connectivity index (χ0) is 19.9. The molecule has 1 unspecified atom stereocenters. The maximum atomic E-state index is 12.3. The molecule has 0 bridgehead atoms. The van der Waals surface area contributed by atoms with Crippen molar-refractivity contribution in [2.24, 2.45) is 7.05 Å². The highest BCUT2D eigenvalue weighted by molar-refractivity contribution is 7.46. The lowest BCUT2D eigenvalue weighted by Gasteiger charge is -2.18. The Labute approximate surface area is 150 Å². The van der Waals surface area contributed by atoms with Crippen LogP contribution in [0.3, 0.4) is 0 Å². The molecule has 15 heteroatoms. The highest BCUT2D eigenvalue weighted by atomic mass is 31.2. The average Bonchev–Trinajstić information content (AvgIpc) is 2.85. The standard InChI is InChI=1S/C12H17N6O8P/c1-18-11-5(7(20)9(13)17-18)10(14-3-15-11)16-12-8(21)6(19)4(26-12)2-25-27(22,23)24/h3-4,6,8,12,19,21H,2H2,1H3,(H2,13,17)(H,14,15,16)(H2,22,23,24)/t4-,6?,8+,12-/m1/s1. The van der Waals surface area contributed by atoms with Crippen LogP contribution in [-0.4, -0.2) is 70.9 Å². The normalized spacial score (nSPS) is 25.8. The summed E-state index contributed by atoms with van der Waals surface area (Å²) >= 11 is 0. The number of nitrogen functional groups attached to an aromatic ring is 1. The number of aryl methyl sites for hydroxylation is 1. The van der Waals surface area contributed by atoms with Gasteiger partial charge in [0.15, 0.2) is 17.7 Å². The van der Waals surface area contributed by atoms with E-state index in [1.807, 2.05) is 0 Å². The molecule has 14 nitrogen and oxygen atoms in total. The Balaban J connectivity index is 1.87. The van der Waals surface area contributed by atoms with E-state index in [9.17, 15) is 19.6 Å². The van der Waals surface area contributed by atoms with Crippen LogP contribution in [0.15, 0.2) is 11.1 Å². The van der Waals surface area contributed by atoms with Crippen molar-refractivity contribution in [3.63, 3.8) is 0 Å². The molecule has 1 aliphatic heterocycles. The fraction of sp³-hybridized carbons (Fsp3) is 0.500. The summed E-state index contributed by atoms with van der Waals surface area (Å²) in [5.74, 6) is -0.314. The molecule has 2 aromatic rings. The molecule has 0 radical (unpaired) electrons. The van der Waals surface area contributed by atoms with Gasteiger partial charge in [-0.05, 0) is 0 Å². The summed E-state index contributed by atoms with van der Waals surface area (Å²) in [5, 5.41) is 26.6. The summed E-state index contributed by atoms with van der Waals surface area (Å²) in [6.07, 6.45) is -4.33. The van der Waals surface area contributed by atoms with Crippen molar-refractivity contribution in [3.05, 3.63) is 16.6 Å². The smallest absolute Gasteiger partial charge is 0.387 e. The second kappa shape index (κ2) is 7.09. The van der Waals surface area contributed by atoms with Crippen LogP contribution in [0.5, 0.6) is 0 Å². The van der Waals surface area contributed by atoms with E-state index in [1.165, 1.54) is 11.7 Å².